The molecule has 3 rings (SSSR count). The van der Waals surface area contributed by atoms with Gasteiger partial charge in [0.25, 0.3) is 0 Å². The zero-order chi connectivity index (χ0) is 14.1. The van der Waals surface area contributed by atoms with Gasteiger partial charge in [-0.25, -0.2) is 0 Å². The van der Waals surface area contributed by atoms with Crippen LogP contribution in [0.1, 0.15) is 31.1 Å². The Hall–Kier alpha value is -0.390. The highest BCUT2D eigenvalue weighted by Gasteiger charge is 2.43. The van der Waals surface area contributed by atoms with E-state index in [-0.39, 0.29) is 6.04 Å². The molecule has 20 heavy (non-hydrogen) atoms. The van der Waals surface area contributed by atoms with Gasteiger partial charge in [-0.15, -0.1) is 11.3 Å². The lowest BCUT2D eigenvalue weighted by Gasteiger charge is -2.26. The maximum Gasteiger partial charge on any atom is 0.240 e. The fourth-order valence-electron chi connectivity index (χ4n) is 3.63. The number of nitrogens with one attached hydrogen (secondary N) is 1. The van der Waals surface area contributed by atoms with Crippen LogP contribution in [-0.4, -0.2) is 29.9 Å². The Morgan fingerprint density at radius 2 is 2.35 bits per heavy atom. The second kappa shape index (κ2) is 6.16. The first kappa shape index (κ1) is 14.5. The second-order valence-corrected chi connectivity index (χ2v) is 8.35. The smallest absolute Gasteiger partial charge is 0.240 e. The van der Waals surface area contributed by atoms with Crippen LogP contribution in [0.5, 0.6) is 0 Å². The van der Waals surface area contributed by atoms with E-state index in [9.17, 15) is 4.79 Å². The van der Waals surface area contributed by atoms with E-state index in [1.807, 2.05) is 4.90 Å². The van der Waals surface area contributed by atoms with Crippen LogP contribution in [-0.2, 0) is 11.3 Å². The predicted octanol–water partition coefficient (Wildman–Crippen LogP) is 3.25. The summed E-state index contributed by atoms with van der Waals surface area (Å²) < 4.78 is 1.13. The third kappa shape index (κ3) is 2.81. The van der Waals surface area contributed by atoms with E-state index in [4.69, 9.17) is 0 Å². The molecular weight excluding hydrogens is 336 g/mol. The zero-order valence-electron chi connectivity index (χ0n) is 11.8. The van der Waals surface area contributed by atoms with E-state index in [1.54, 1.807) is 11.3 Å². The lowest BCUT2D eigenvalue weighted by Crippen LogP contribution is -2.45. The molecule has 3 unspecified atom stereocenters. The summed E-state index contributed by atoms with van der Waals surface area (Å²) in [5.74, 6) is 1.61. The summed E-state index contributed by atoms with van der Waals surface area (Å²) in [7, 11) is 0. The van der Waals surface area contributed by atoms with Gasteiger partial charge in [-0.1, -0.05) is 6.42 Å². The van der Waals surface area contributed by atoms with Gasteiger partial charge in [0.15, 0.2) is 0 Å². The molecule has 1 saturated heterocycles. The molecule has 1 aromatic heterocycles. The van der Waals surface area contributed by atoms with Crippen molar-refractivity contribution in [1.82, 2.24) is 10.2 Å². The summed E-state index contributed by atoms with van der Waals surface area (Å²) in [6, 6.07) is 4.22. The minimum Gasteiger partial charge on any atom is -0.336 e. The highest BCUT2D eigenvalue weighted by atomic mass is 79.9. The van der Waals surface area contributed by atoms with Crippen molar-refractivity contribution in [3.05, 3.63) is 20.8 Å². The summed E-state index contributed by atoms with van der Waals surface area (Å²) in [6.07, 6.45) is 3.81. The predicted molar refractivity (Wildman–Crippen MR) is 85.7 cm³/mol. The normalized spacial score (nSPS) is 28.6. The van der Waals surface area contributed by atoms with Crippen LogP contribution in [0.3, 0.4) is 0 Å². The van der Waals surface area contributed by atoms with Crippen molar-refractivity contribution in [2.75, 3.05) is 13.1 Å². The monoisotopic (exact) mass is 356 g/mol. The Labute approximate surface area is 132 Å². The first-order valence-electron chi connectivity index (χ1n) is 7.45. The molecule has 0 spiro atoms. The molecule has 1 aliphatic heterocycles. The Morgan fingerprint density at radius 3 is 3.05 bits per heavy atom. The summed E-state index contributed by atoms with van der Waals surface area (Å²) in [5.41, 5.74) is 0. The molecule has 0 aromatic carbocycles. The summed E-state index contributed by atoms with van der Waals surface area (Å²) in [4.78, 5) is 16.0. The van der Waals surface area contributed by atoms with Crippen LogP contribution in [0, 0.1) is 11.8 Å². The summed E-state index contributed by atoms with van der Waals surface area (Å²) in [6.45, 7) is 4.62. The van der Waals surface area contributed by atoms with Crippen molar-refractivity contribution in [3.63, 3.8) is 0 Å². The lowest BCUT2D eigenvalue weighted by molar-refractivity contribution is -0.134. The van der Waals surface area contributed by atoms with Gasteiger partial charge in [0, 0.05) is 11.4 Å². The van der Waals surface area contributed by atoms with Crippen molar-refractivity contribution >= 4 is 33.2 Å². The first-order chi connectivity index (χ1) is 9.69. The van der Waals surface area contributed by atoms with Crippen LogP contribution >= 0.6 is 27.3 Å². The molecule has 1 aromatic rings. The second-order valence-electron chi connectivity index (χ2n) is 5.80. The van der Waals surface area contributed by atoms with Crippen molar-refractivity contribution < 1.29 is 4.79 Å². The van der Waals surface area contributed by atoms with Crippen LogP contribution in [0.25, 0.3) is 0 Å². The number of rotatable bonds is 4. The Balaban J connectivity index is 1.67. The van der Waals surface area contributed by atoms with Crippen molar-refractivity contribution in [2.24, 2.45) is 11.8 Å². The van der Waals surface area contributed by atoms with Crippen molar-refractivity contribution in [3.8, 4) is 0 Å². The standard InChI is InChI=1S/C15H21BrN2OS/c1-2-18(9-11-6-7-13(16)20-11)15(19)14-12-5-3-4-10(12)8-17-14/h6-7,10,12,14,17H,2-5,8-9H2,1H3. The topological polar surface area (TPSA) is 32.3 Å². The van der Waals surface area contributed by atoms with Gasteiger partial charge in [0.1, 0.15) is 0 Å². The molecule has 2 fully saturated rings. The summed E-state index contributed by atoms with van der Waals surface area (Å²) in [5, 5.41) is 3.47. The fraction of sp³-hybridized carbons (Fsp3) is 0.667. The molecular formula is C15H21BrN2OS. The average molecular weight is 357 g/mol. The minimum atomic E-state index is 0.0610. The SMILES string of the molecule is CCN(Cc1ccc(Br)s1)C(=O)C1NCC2CCCC21. The largest absolute Gasteiger partial charge is 0.336 e. The third-order valence-electron chi connectivity index (χ3n) is 4.68. The molecule has 1 aliphatic carbocycles. The number of fused-ring (bicyclic) bond motifs is 1. The van der Waals surface area contributed by atoms with E-state index >= 15 is 0 Å². The number of carbonyl (C=O) groups is 1. The quantitative estimate of drug-likeness (QED) is 0.897. The van der Waals surface area contributed by atoms with Gasteiger partial charge in [0.2, 0.25) is 5.91 Å². The molecule has 3 nitrogen and oxygen atoms in total. The van der Waals surface area contributed by atoms with Crippen molar-refractivity contribution in [1.29, 1.82) is 0 Å². The van der Waals surface area contributed by atoms with Gasteiger partial charge in [-0.3, -0.25) is 4.79 Å². The molecule has 1 N–H and O–H groups in total. The number of halogens is 1. The maximum absolute atomic E-state index is 12.8. The van der Waals surface area contributed by atoms with E-state index < -0.39 is 0 Å². The van der Waals surface area contributed by atoms with Crippen molar-refractivity contribution in [2.45, 2.75) is 38.8 Å². The average Bonchev–Trinajstić information content (AvgIpc) is 3.11. The minimum absolute atomic E-state index is 0.0610. The molecule has 1 amide bonds. The van der Waals surface area contributed by atoms with Gasteiger partial charge >= 0.3 is 0 Å². The molecule has 3 atom stereocenters. The van der Waals surface area contributed by atoms with E-state index in [2.05, 4.69) is 40.3 Å². The molecule has 0 radical (unpaired) electrons. The molecule has 5 heteroatoms. The molecule has 0 bridgehead atoms. The van der Waals surface area contributed by atoms with Gasteiger partial charge in [0.05, 0.1) is 16.4 Å². The van der Waals surface area contributed by atoms with Gasteiger partial charge in [-0.2, -0.15) is 0 Å². The molecule has 1 saturated carbocycles. The number of hydrogen-bond acceptors (Lipinski definition) is 3. The van der Waals surface area contributed by atoms with Crippen LogP contribution < -0.4 is 5.32 Å². The molecule has 2 aliphatic rings. The molecule has 110 valence electrons. The fourth-order valence-corrected chi connectivity index (χ4v) is 5.12. The summed E-state index contributed by atoms with van der Waals surface area (Å²) >= 11 is 5.20. The third-order valence-corrected chi connectivity index (χ3v) is 6.29. The van der Waals surface area contributed by atoms with Crippen LogP contribution in [0.15, 0.2) is 15.9 Å². The lowest BCUT2D eigenvalue weighted by atomic mass is 9.93. The van der Waals surface area contributed by atoms with Crippen LogP contribution in [0.2, 0.25) is 0 Å². The number of thiophene rings is 1. The van der Waals surface area contributed by atoms with E-state index in [0.29, 0.717) is 11.8 Å². The van der Waals surface area contributed by atoms with E-state index in [1.165, 1.54) is 24.1 Å². The van der Waals surface area contributed by atoms with Gasteiger partial charge < -0.3 is 10.2 Å². The Morgan fingerprint density at radius 1 is 1.50 bits per heavy atom. The highest BCUT2D eigenvalue weighted by molar-refractivity contribution is 9.11. The van der Waals surface area contributed by atoms with Crippen LogP contribution in [0.4, 0.5) is 0 Å². The molecule has 2 heterocycles. The number of carbonyl (C=O) groups excluding carboxylic acids is 1. The number of hydrogen-bond donors (Lipinski definition) is 1. The Kier molecular flexibility index (Phi) is 4.48. The Bertz CT molecular complexity index is 490. The number of likely N-dealkylation sites (N-methyl/N-ethyl adjacent to an activating group) is 1. The van der Waals surface area contributed by atoms with E-state index in [0.717, 1.165) is 29.3 Å². The number of nitrogens with zero attached hydrogens (tertiary/aromatic N) is 1. The maximum atomic E-state index is 12.8. The highest BCUT2D eigenvalue weighted by Crippen LogP contribution is 2.38. The number of amides is 1. The zero-order valence-corrected chi connectivity index (χ0v) is 14.2. The first-order valence-corrected chi connectivity index (χ1v) is 9.06. The van der Waals surface area contributed by atoms with Gasteiger partial charge in [-0.05, 0) is 66.2 Å².